The SMILES string of the molecule is Cc1cccc(N=Cc2cc(Br)ccc2OS(=O)(=O)c2ccccc2)c1C. The number of hydrogen-bond donors (Lipinski definition) is 0. The van der Waals surface area contributed by atoms with Gasteiger partial charge < -0.3 is 4.18 Å². The number of rotatable bonds is 5. The summed E-state index contributed by atoms with van der Waals surface area (Å²) in [5.74, 6) is 0.219. The molecule has 4 nitrogen and oxygen atoms in total. The van der Waals surface area contributed by atoms with Crippen molar-refractivity contribution in [3.63, 3.8) is 0 Å². The van der Waals surface area contributed by atoms with Crippen molar-refractivity contribution >= 4 is 38.0 Å². The highest BCUT2D eigenvalue weighted by molar-refractivity contribution is 9.10. The van der Waals surface area contributed by atoms with Crippen molar-refractivity contribution in [1.29, 1.82) is 0 Å². The molecule has 27 heavy (non-hydrogen) atoms. The molecule has 3 rings (SSSR count). The largest absolute Gasteiger partial charge is 0.378 e. The van der Waals surface area contributed by atoms with Crippen molar-refractivity contribution in [2.75, 3.05) is 0 Å². The van der Waals surface area contributed by atoms with Gasteiger partial charge in [0.25, 0.3) is 0 Å². The summed E-state index contributed by atoms with van der Waals surface area (Å²) in [4.78, 5) is 4.62. The zero-order chi connectivity index (χ0) is 19.4. The second-order valence-corrected chi connectivity index (χ2v) is 8.47. The number of aliphatic imine (C=N–C) groups is 1. The molecule has 0 aromatic heterocycles. The molecule has 0 amide bonds. The number of aryl methyl sites for hydroxylation is 1. The summed E-state index contributed by atoms with van der Waals surface area (Å²) >= 11 is 3.41. The van der Waals surface area contributed by atoms with E-state index in [-0.39, 0.29) is 10.6 Å². The van der Waals surface area contributed by atoms with E-state index in [2.05, 4.69) is 20.9 Å². The Morgan fingerprint density at radius 3 is 2.44 bits per heavy atom. The molecule has 0 bridgehead atoms. The van der Waals surface area contributed by atoms with Crippen molar-refractivity contribution in [2.24, 2.45) is 4.99 Å². The van der Waals surface area contributed by atoms with Gasteiger partial charge in [0, 0.05) is 16.3 Å². The molecule has 0 radical (unpaired) electrons. The summed E-state index contributed by atoms with van der Waals surface area (Å²) < 4.78 is 31.2. The third-order valence-corrected chi connectivity index (χ3v) is 5.86. The van der Waals surface area contributed by atoms with E-state index in [1.54, 1.807) is 42.6 Å². The summed E-state index contributed by atoms with van der Waals surface area (Å²) in [6.07, 6.45) is 1.61. The standard InChI is InChI=1S/C21H18BrNO3S/c1-15-7-6-10-20(16(15)2)23-14-17-13-18(22)11-12-21(17)26-27(24,25)19-8-4-3-5-9-19/h3-14H,1-2H3. The van der Waals surface area contributed by atoms with Gasteiger partial charge in [0.1, 0.15) is 4.90 Å². The lowest BCUT2D eigenvalue weighted by molar-refractivity contribution is 0.485. The highest BCUT2D eigenvalue weighted by Crippen LogP contribution is 2.27. The molecular formula is C21H18BrNO3S. The van der Waals surface area contributed by atoms with Crippen LogP contribution < -0.4 is 4.18 Å². The first-order valence-electron chi connectivity index (χ1n) is 8.26. The molecule has 0 aliphatic heterocycles. The van der Waals surface area contributed by atoms with Crippen LogP contribution in [0.25, 0.3) is 0 Å². The van der Waals surface area contributed by atoms with Crippen LogP contribution in [-0.2, 0) is 10.1 Å². The van der Waals surface area contributed by atoms with Crippen LogP contribution in [0.2, 0.25) is 0 Å². The second-order valence-electron chi connectivity index (χ2n) is 6.01. The van der Waals surface area contributed by atoms with Gasteiger partial charge in [-0.15, -0.1) is 0 Å². The third-order valence-electron chi connectivity index (χ3n) is 4.12. The molecule has 0 fully saturated rings. The minimum atomic E-state index is -3.92. The third kappa shape index (κ3) is 4.64. The molecule has 6 heteroatoms. The first-order chi connectivity index (χ1) is 12.9. The fourth-order valence-electron chi connectivity index (χ4n) is 2.46. The van der Waals surface area contributed by atoms with Crippen LogP contribution in [0.3, 0.4) is 0 Å². The van der Waals surface area contributed by atoms with Gasteiger partial charge in [-0.2, -0.15) is 8.42 Å². The van der Waals surface area contributed by atoms with Crippen LogP contribution in [0.15, 0.2) is 81.1 Å². The fraction of sp³-hybridized carbons (Fsp3) is 0.0952. The molecule has 0 heterocycles. The van der Waals surface area contributed by atoms with Crippen LogP contribution in [0.5, 0.6) is 5.75 Å². The van der Waals surface area contributed by atoms with Crippen LogP contribution in [0.1, 0.15) is 16.7 Å². The molecule has 0 aliphatic carbocycles. The van der Waals surface area contributed by atoms with Crippen LogP contribution in [-0.4, -0.2) is 14.6 Å². The quantitative estimate of drug-likeness (QED) is 0.381. The van der Waals surface area contributed by atoms with E-state index >= 15 is 0 Å². The van der Waals surface area contributed by atoms with Crippen molar-refractivity contribution < 1.29 is 12.6 Å². The Balaban J connectivity index is 1.97. The molecule has 3 aromatic carbocycles. The average Bonchev–Trinajstić information content (AvgIpc) is 2.65. The summed E-state index contributed by atoms with van der Waals surface area (Å²) in [5, 5.41) is 0. The molecule has 3 aromatic rings. The molecule has 0 saturated heterocycles. The van der Waals surface area contributed by atoms with Crippen LogP contribution in [0.4, 0.5) is 5.69 Å². The summed E-state index contributed by atoms with van der Waals surface area (Å²) in [6.45, 7) is 4.02. The molecule has 0 aliphatic rings. The monoisotopic (exact) mass is 443 g/mol. The molecule has 138 valence electrons. The number of benzene rings is 3. The zero-order valence-electron chi connectivity index (χ0n) is 14.9. The fourth-order valence-corrected chi connectivity index (χ4v) is 3.82. The molecule has 0 unspecified atom stereocenters. The first-order valence-corrected chi connectivity index (χ1v) is 10.5. The lowest BCUT2D eigenvalue weighted by atomic mass is 10.1. The summed E-state index contributed by atoms with van der Waals surface area (Å²) in [5.41, 5.74) is 3.60. The lowest BCUT2D eigenvalue weighted by Gasteiger charge is -2.10. The first kappa shape index (κ1) is 19.3. The maximum absolute atomic E-state index is 12.5. The van der Waals surface area contributed by atoms with Gasteiger partial charge in [0.05, 0.1) is 5.69 Å². The van der Waals surface area contributed by atoms with E-state index in [1.165, 1.54) is 12.1 Å². The highest BCUT2D eigenvalue weighted by Gasteiger charge is 2.18. The van der Waals surface area contributed by atoms with E-state index in [4.69, 9.17) is 4.18 Å². The van der Waals surface area contributed by atoms with Gasteiger partial charge in [-0.25, -0.2) is 0 Å². The van der Waals surface area contributed by atoms with Gasteiger partial charge >= 0.3 is 10.1 Å². The molecular weight excluding hydrogens is 426 g/mol. The van der Waals surface area contributed by atoms with Gasteiger partial charge in [0.2, 0.25) is 0 Å². The Hall–Kier alpha value is -2.44. The van der Waals surface area contributed by atoms with E-state index in [1.807, 2.05) is 32.0 Å². The Morgan fingerprint density at radius 1 is 0.963 bits per heavy atom. The van der Waals surface area contributed by atoms with E-state index in [0.29, 0.717) is 5.56 Å². The van der Waals surface area contributed by atoms with Gasteiger partial charge in [0.15, 0.2) is 5.75 Å². The van der Waals surface area contributed by atoms with Crippen molar-refractivity contribution in [1.82, 2.24) is 0 Å². The Labute approximate surface area is 167 Å². The van der Waals surface area contributed by atoms with Gasteiger partial charge in [-0.05, 0) is 61.4 Å². The predicted octanol–water partition coefficient (Wildman–Crippen LogP) is 5.58. The number of halogens is 1. The van der Waals surface area contributed by atoms with Gasteiger partial charge in [-0.1, -0.05) is 46.3 Å². The molecule has 0 atom stereocenters. The minimum absolute atomic E-state index is 0.102. The van der Waals surface area contributed by atoms with E-state index in [9.17, 15) is 8.42 Å². The van der Waals surface area contributed by atoms with Gasteiger partial charge in [-0.3, -0.25) is 4.99 Å². The molecule has 0 saturated carbocycles. The Bertz CT molecular complexity index is 1090. The zero-order valence-corrected chi connectivity index (χ0v) is 17.3. The van der Waals surface area contributed by atoms with Crippen molar-refractivity contribution in [3.8, 4) is 5.75 Å². The highest BCUT2D eigenvalue weighted by atomic mass is 79.9. The normalized spacial score (nSPS) is 11.7. The maximum atomic E-state index is 12.5. The topological polar surface area (TPSA) is 55.7 Å². The minimum Gasteiger partial charge on any atom is -0.378 e. The number of nitrogens with zero attached hydrogens (tertiary/aromatic N) is 1. The molecule has 0 N–H and O–H groups in total. The summed E-state index contributed by atoms with van der Waals surface area (Å²) in [6, 6.07) is 19.0. The lowest BCUT2D eigenvalue weighted by Crippen LogP contribution is -2.10. The average molecular weight is 444 g/mol. The predicted molar refractivity (Wildman–Crippen MR) is 112 cm³/mol. The van der Waals surface area contributed by atoms with E-state index < -0.39 is 10.1 Å². The smallest absolute Gasteiger partial charge is 0.339 e. The van der Waals surface area contributed by atoms with Crippen molar-refractivity contribution in [2.45, 2.75) is 18.7 Å². The second kappa shape index (κ2) is 8.06. The van der Waals surface area contributed by atoms with Crippen LogP contribution in [0, 0.1) is 13.8 Å². The van der Waals surface area contributed by atoms with Crippen LogP contribution >= 0.6 is 15.9 Å². The Morgan fingerprint density at radius 2 is 1.70 bits per heavy atom. The maximum Gasteiger partial charge on any atom is 0.339 e. The van der Waals surface area contributed by atoms with Crippen molar-refractivity contribution in [3.05, 3.63) is 87.9 Å². The summed E-state index contributed by atoms with van der Waals surface area (Å²) in [7, 11) is -3.92. The Kier molecular flexibility index (Phi) is 5.77. The van der Waals surface area contributed by atoms with E-state index in [0.717, 1.165) is 21.3 Å². The molecule has 0 spiro atoms. The number of hydrogen-bond acceptors (Lipinski definition) is 4.